The molecule has 9 aromatic rings. The van der Waals surface area contributed by atoms with Crippen molar-refractivity contribution in [3.63, 3.8) is 0 Å². The van der Waals surface area contributed by atoms with Crippen molar-refractivity contribution >= 4 is 42.5 Å². The maximum atomic E-state index is 5.08. The van der Waals surface area contributed by atoms with E-state index in [0.29, 0.717) is 5.82 Å². The zero-order chi connectivity index (χ0) is 31.2. The van der Waals surface area contributed by atoms with Crippen LogP contribution in [0.3, 0.4) is 0 Å². The molecule has 47 heavy (non-hydrogen) atoms. The van der Waals surface area contributed by atoms with E-state index in [2.05, 4.69) is 140 Å². The smallest absolute Gasteiger partial charge is 0.160 e. The Morgan fingerprint density at radius 3 is 1.77 bits per heavy atom. The molecule has 3 nitrogen and oxygen atoms in total. The fourth-order valence-electron chi connectivity index (χ4n) is 6.26. The molecular weight excluding hydrogens is 591 g/mol. The quantitative estimate of drug-likeness (QED) is 0.193. The molecule has 0 N–H and O–H groups in total. The number of hydrogen-bond donors (Lipinski definition) is 0. The van der Waals surface area contributed by atoms with Gasteiger partial charge >= 0.3 is 0 Å². The summed E-state index contributed by atoms with van der Waals surface area (Å²) in [5.41, 5.74) is 11.6. The lowest BCUT2D eigenvalue weighted by molar-refractivity contribution is 1.18. The molecule has 0 atom stereocenters. The number of aromatic nitrogens is 3. The van der Waals surface area contributed by atoms with Crippen molar-refractivity contribution in [3.8, 4) is 56.2 Å². The van der Waals surface area contributed by atoms with E-state index < -0.39 is 0 Å². The zero-order valence-corrected chi connectivity index (χ0v) is 26.2. The van der Waals surface area contributed by atoms with Crippen molar-refractivity contribution in [3.05, 3.63) is 164 Å². The molecule has 0 fully saturated rings. The third-order valence-electron chi connectivity index (χ3n) is 8.68. The number of benzene rings is 6. The Morgan fingerprint density at radius 1 is 0.362 bits per heavy atom. The first-order valence-electron chi connectivity index (χ1n) is 15.7. The van der Waals surface area contributed by atoms with Crippen molar-refractivity contribution in [1.82, 2.24) is 15.0 Å². The molecule has 0 unspecified atom stereocenters. The number of fused-ring (bicyclic) bond motifs is 4. The average Bonchev–Trinajstić information content (AvgIpc) is 3.51. The predicted octanol–water partition coefficient (Wildman–Crippen LogP) is 11.7. The van der Waals surface area contributed by atoms with Crippen LogP contribution in [0.15, 0.2) is 164 Å². The Kier molecular flexibility index (Phi) is 6.65. The lowest BCUT2D eigenvalue weighted by Crippen LogP contribution is -1.96. The van der Waals surface area contributed by atoms with E-state index in [1.165, 1.54) is 25.9 Å². The Bertz CT molecular complexity index is 2550. The van der Waals surface area contributed by atoms with Crippen LogP contribution in [0.4, 0.5) is 0 Å². The molecule has 4 heteroatoms. The van der Waals surface area contributed by atoms with E-state index in [-0.39, 0.29) is 0 Å². The molecule has 6 aromatic carbocycles. The molecule has 0 spiro atoms. The summed E-state index contributed by atoms with van der Waals surface area (Å²) in [6.07, 6.45) is 0. The maximum Gasteiger partial charge on any atom is 0.160 e. The first-order chi connectivity index (χ1) is 23.2. The molecule has 3 aromatic heterocycles. The van der Waals surface area contributed by atoms with Gasteiger partial charge in [-0.3, -0.25) is 0 Å². The maximum absolute atomic E-state index is 5.08. The molecular formula is C43H27N3S. The second-order valence-electron chi connectivity index (χ2n) is 11.7. The van der Waals surface area contributed by atoms with Crippen molar-refractivity contribution in [2.45, 2.75) is 0 Å². The second-order valence-corrected chi connectivity index (χ2v) is 12.8. The molecule has 220 valence electrons. The zero-order valence-electron chi connectivity index (χ0n) is 25.3. The summed E-state index contributed by atoms with van der Waals surface area (Å²) < 4.78 is 2.48. The Morgan fingerprint density at radius 2 is 0.957 bits per heavy atom. The van der Waals surface area contributed by atoms with Crippen molar-refractivity contribution in [2.75, 3.05) is 0 Å². The Hall–Kier alpha value is -5.97. The molecule has 0 aliphatic rings. The summed E-state index contributed by atoms with van der Waals surface area (Å²) in [6.45, 7) is 0. The van der Waals surface area contributed by atoms with Gasteiger partial charge in [0, 0.05) is 32.2 Å². The van der Waals surface area contributed by atoms with E-state index in [1.807, 2.05) is 24.3 Å². The molecule has 3 heterocycles. The van der Waals surface area contributed by atoms with Gasteiger partial charge in [0.15, 0.2) is 5.82 Å². The van der Waals surface area contributed by atoms with Gasteiger partial charge in [0.1, 0.15) is 0 Å². The van der Waals surface area contributed by atoms with Gasteiger partial charge in [-0.2, -0.15) is 0 Å². The summed E-state index contributed by atoms with van der Waals surface area (Å²) in [4.78, 5) is 15.2. The molecule has 9 rings (SSSR count). The minimum Gasteiger partial charge on any atom is -0.246 e. The highest BCUT2D eigenvalue weighted by molar-refractivity contribution is 7.25. The lowest BCUT2D eigenvalue weighted by atomic mass is 9.98. The van der Waals surface area contributed by atoms with Crippen LogP contribution in [-0.4, -0.2) is 15.0 Å². The Balaban J connectivity index is 1.12. The van der Waals surface area contributed by atoms with Gasteiger partial charge in [0.25, 0.3) is 0 Å². The number of hydrogen-bond acceptors (Lipinski definition) is 4. The highest BCUT2D eigenvalue weighted by Gasteiger charge is 2.13. The summed E-state index contributed by atoms with van der Waals surface area (Å²) in [5.74, 6) is 0.708. The van der Waals surface area contributed by atoms with Crippen LogP contribution < -0.4 is 0 Å². The van der Waals surface area contributed by atoms with E-state index in [1.54, 1.807) is 11.3 Å². The van der Waals surface area contributed by atoms with Gasteiger partial charge in [0.2, 0.25) is 0 Å². The summed E-state index contributed by atoms with van der Waals surface area (Å²) >= 11 is 1.80. The van der Waals surface area contributed by atoms with E-state index in [0.717, 1.165) is 55.6 Å². The van der Waals surface area contributed by atoms with Gasteiger partial charge in [-0.15, -0.1) is 11.3 Å². The number of nitrogens with zero attached hydrogens (tertiary/aromatic N) is 3. The van der Waals surface area contributed by atoms with Crippen molar-refractivity contribution < 1.29 is 0 Å². The van der Waals surface area contributed by atoms with Crippen LogP contribution in [0, 0.1) is 0 Å². The van der Waals surface area contributed by atoms with Crippen LogP contribution in [0.2, 0.25) is 0 Å². The van der Waals surface area contributed by atoms with E-state index in [4.69, 9.17) is 15.0 Å². The molecule has 0 saturated carbocycles. The van der Waals surface area contributed by atoms with Crippen LogP contribution in [0.5, 0.6) is 0 Å². The third-order valence-corrected chi connectivity index (χ3v) is 9.79. The molecule has 0 saturated heterocycles. The fraction of sp³-hybridized carbons (Fsp3) is 0. The topological polar surface area (TPSA) is 38.7 Å². The monoisotopic (exact) mass is 617 g/mol. The average molecular weight is 618 g/mol. The van der Waals surface area contributed by atoms with E-state index in [9.17, 15) is 0 Å². The largest absolute Gasteiger partial charge is 0.246 e. The lowest BCUT2D eigenvalue weighted by Gasteiger charge is -2.11. The first-order valence-corrected chi connectivity index (χ1v) is 16.5. The second kappa shape index (κ2) is 11.4. The number of pyridine rings is 1. The standard InChI is InChI=1S/C43H27N3S/c1-3-10-28(11-4-1)29-18-20-30(21-19-29)38-27-39(46-43(45-38)31-12-5-2-6-13-31)34-15-9-14-32(24-34)33-22-23-37-35(25-33)26-41-42(44-37)36-16-7-8-17-40(36)47-41/h1-27H. The minimum absolute atomic E-state index is 0.708. The van der Waals surface area contributed by atoms with Gasteiger partial charge in [-0.05, 0) is 58.7 Å². The highest BCUT2D eigenvalue weighted by Crippen LogP contribution is 2.36. The third kappa shape index (κ3) is 5.15. The van der Waals surface area contributed by atoms with Crippen molar-refractivity contribution in [2.24, 2.45) is 0 Å². The molecule has 0 aliphatic heterocycles. The van der Waals surface area contributed by atoms with Gasteiger partial charge in [-0.1, -0.05) is 127 Å². The molecule has 0 radical (unpaired) electrons. The van der Waals surface area contributed by atoms with Gasteiger partial charge in [0.05, 0.1) is 27.1 Å². The fourth-order valence-corrected chi connectivity index (χ4v) is 7.35. The predicted molar refractivity (Wildman–Crippen MR) is 197 cm³/mol. The summed E-state index contributed by atoms with van der Waals surface area (Å²) in [6, 6.07) is 57.4. The van der Waals surface area contributed by atoms with Crippen molar-refractivity contribution in [1.29, 1.82) is 0 Å². The molecule has 0 amide bonds. The van der Waals surface area contributed by atoms with Gasteiger partial charge in [-0.25, -0.2) is 15.0 Å². The summed E-state index contributed by atoms with van der Waals surface area (Å²) in [7, 11) is 0. The first kappa shape index (κ1) is 27.3. The summed E-state index contributed by atoms with van der Waals surface area (Å²) in [5, 5.41) is 2.36. The van der Waals surface area contributed by atoms with Crippen LogP contribution in [-0.2, 0) is 0 Å². The number of thiophene rings is 1. The highest BCUT2D eigenvalue weighted by atomic mass is 32.1. The van der Waals surface area contributed by atoms with Gasteiger partial charge < -0.3 is 0 Å². The molecule has 0 aliphatic carbocycles. The molecule has 0 bridgehead atoms. The van der Waals surface area contributed by atoms with Crippen LogP contribution in [0.1, 0.15) is 0 Å². The van der Waals surface area contributed by atoms with Crippen LogP contribution in [0.25, 0.3) is 87.4 Å². The Labute approximate surface area is 276 Å². The minimum atomic E-state index is 0.708. The van der Waals surface area contributed by atoms with E-state index >= 15 is 0 Å². The normalized spacial score (nSPS) is 11.4. The SMILES string of the molecule is c1ccc(-c2ccc(-c3cc(-c4cccc(-c5ccc6nc7c(cc6c5)sc5ccccc57)c4)nc(-c4ccccc4)n3)cc2)cc1. The number of rotatable bonds is 5. The van der Waals surface area contributed by atoms with Crippen LogP contribution >= 0.6 is 11.3 Å².